The molecule has 1 amide bonds. The van der Waals surface area contributed by atoms with Crippen molar-refractivity contribution < 1.29 is 27.1 Å². The molecule has 41 heavy (non-hydrogen) atoms. The van der Waals surface area contributed by atoms with E-state index in [2.05, 4.69) is 26.9 Å². The molecule has 3 heterocycles. The molecule has 4 rings (SSSR count). The monoisotopic (exact) mass is 576 g/mol. The molecular weight excluding hydrogens is 544 g/mol. The summed E-state index contributed by atoms with van der Waals surface area (Å²) in [6, 6.07) is 5.28. The van der Waals surface area contributed by atoms with Crippen LogP contribution in [0.25, 0.3) is 5.57 Å². The number of hydrogen-bond acceptors (Lipinski definition) is 7. The van der Waals surface area contributed by atoms with Crippen molar-refractivity contribution >= 4 is 29.6 Å². The number of alkyl halides is 3. The second kappa shape index (κ2) is 12.7. The lowest BCUT2D eigenvalue weighted by molar-refractivity contribution is -0.138. The number of aromatic nitrogens is 1. The lowest BCUT2D eigenvalue weighted by Gasteiger charge is -2.35. The predicted molar refractivity (Wildman–Crippen MR) is 150 cm³/mol. The van der Waals surface area contributed by atoms with E-state index in [0.29, 0.717) is 56.7 Å². The molecular formula is C28H32F4N6O3. The average molecular weight is 577 g/mol. The van der Waals surface area contributed by atoms with E-state index in [1.54, 1.807) is 30.0 Å². The third-order valence-corrected chi connectivity index (χ3v) is 7.06. The number of nitrogens with one attached hydrogen (secondary N) is 2. The molecule has 2 aromatic rings. The number of nitrogens with zero attached hydrogens (tertiary/aromatic N) is 4. The molecule has 9 nitrogen and oxygen atoms in total. The van der Waals surface area contributed by atoms with Gasteiger partial charge >= 0.3 is 6.18 Å². The van der Waals surface area contributed by atoms with Crippen molar-refractivity contribution in [2.75, 3.05) is 69.7 Å². The van der Waals surface area contributed by atoms with E-state index in [0.717, 1.165) is 19.3 Å². The molecule has 0 unspecified atom stereocenters. The number of ether oxygens (including phenoxy) is 1. The molecule has 1 aromatic carbocycles. The van der Waals surface area contributed by atoms with Crippen LogP contribution in [0, 0.1) is 0 Å². The number of benzene rings is 1. The summed E-state index contributed by atoms with van der Waals surface area (Å²) in [6.45, 7) is 9.57. The van der Waals surface area contributed by atoms with Gasteiger partial charge in [0.15, 0.2) is 11.6 Å². The van der Waals surface area contributed by atoms with Gasteiger partial charge < -0.3 is 29.7 Å². The summed E-state index contributed by atoms with van der Waals surface area (Å²) < 4.78 is 62.3. The van der Waals surface area contributed by atoms with Crippen molar-refractivity contribution in [3.8, 4) is 0 Å². The van der Waals surface area contributed by atoms with Crippen molar-refractivity contribution in [3.05, 3.63) is 75.2 Å². The van der Waals surface area contributed by atoms with Gasteiger partial charge in [-0.25, -0.2) is 9.38 Å². The third kappa shape index (κ3) is 6.85. The standard InChI is InChI=1S/C28H32F4N6O3/c1-4-19(25(29)26(33-2)38-11-13-41-14-12-38)18-5-6-23(37-9-7-36(3)8-10-37)22(15-18)35-27(40)20-17-34-24(39)16-21(20)28(30,31)32/h4-6,15-17H,2,7-14H2,1,3H3,(H,34,39)(H,35,40)/b19-4-,26-25-. The highest BCUT2D eigenvalue weighted by atomic mass is 19.4. The van der Waals surface area contributed by atoms with Gasteiger partial charge in [-0.15, -0.1) is 0 Å². The van der Waals surface area contributed by atoms with Gasteiger partial charge in [-0.2, -0.15) is 13.2 Å². The first-order chi connectivity index (χ1) is 19.5. The summed E-state index contributed by atoms with van der Waals surface area (Å²) in [4.78, 5) is 36.7. The van der Waals surface area contributed by atoms with Crippen molar-refractivity contribution in [2.45, 2.75) is 13.1 Å². The van der Waals surface area contributed by atoms with Gasteiger partial charge in [0.2, 0.25) is 5.56 Å². The Labute approximate surface area is 234 Å². The summed E-state index contributed by atoms with van der Waals surface area (Å²) in [5, 5.41) is 2.59. The Kier molecular flexibility index (Phi) is 9.28. The Hall–Kier alpha value is -3.97. The van der Waals surface area contributed by atoms with E-state index < -0.39 is 34.6 Å². The fraction of sp³-hybridized carbons (Fsp3) is 0.393. The molecule has 2 saturated heterocycles. The Morgan fingerprint density at radius 2 is 1.80 bits per heavy atom. The van der Waals surface area contributed by atoms with Gasteiger partial charge in [-0.1, -0.05) is 12.1 Å². The Morgan fingerprint density at radius 3 is 2.41 bits per heavy atom. The van der Waals surface area contributed by atoms with Gasteiger partial charge in [0.25, 0.3) is 5.91 Å². The number of allylic oxidation sites excluding steroid dienone is 3. The SMILES string of the molecule is C=N/C(=C(F)\C(=C/C)c1ccc(N2CCN(C)CC2)c(NC(=O)c2c[nH]c(=O)cc2C(F)(F)F)c1)N1CCOCC1. The number of halogens is 4. The molecule has 2 aliphatic rings. The minimum absolute atomic E-state index is 0.0539. The smallest absolute Gasteiger partial charge is 0.378 e. The number of aliphatic imine (C=N–C) groups is 1. The van der Waals surface area contributed by atoms with E-state index in [-0.39, 0.29) is 17.1 Å². The number of carbonyl (C=O) groups excluding carboxylic acids is 1. The summed E-state index contributed by atoms with van der Waals surface area (Å²) in [5.41, 5.74) is -1.75. The molecule has 0 saturated carbocycles. The summed E-state index contributed by atoms with van der Waals surface area (Å²) in [6.07, 6.45) is -2.63. The Bertz CT molecular complexity index is 1400. The van der Waals surface area contributed by atoms with Crippen LogP contribution in [0.1, 0.15) is 28.4 Å². The van der Waals surface area contributed by atoms with Crippen LogP contribution in [-0.2, 0) is 10.9 Å². The summed E-state index contributed by atoms with van der Waals surface area (Å²) >= 11 is 0. The summed E-state index contributed by atoms with van der Waals surface area (Å²) in [5.74, 6) is -1.65. The van der Waals surface area contributed by atoms with Gasteiger partial charge in [-0.05, 0) is 38.4 Å². The van der Waals surface area contributed by atoms with Crippen LogP contribution in [0.4, 0.5) is 28.9 Å². The van der Waals surface area contributed by atoms with Crippen LogP contribution in [0.5, 0.6) is 0 Å². The molecule has 1 aromatic heterocycles. The van der Waals surface area contributed by atoms with Crippen LogP contribution in [-0.4, -0.2) is 86.9 Å². The van der Waals surface area contributed by atoms with Gasteiger partial charge in [0, 0.05) is 57.1 Å². The van der Waals surface area contributed by atoms with E-state index in [1.165, 1.54) is 6.07 Å². The molecule has 0 atom stereocenters. The number of anilines is 2. The predicted octanol–water partition coefficient (Wildman–Crippen LogP) is 3.97. The number of carbonyl (C=O) groups is 1. The zero-order valence-electron chi connectivity index (χ0n) is 22.9. The maximum atomic E-state index is 15.9. The number of H-pyrrole nitrogens is 1. The lowest BCUT2D eigenvalue weighted by atomic mass is 10.0. The van der Waals surface area contributed by atoms with Crippen molar-refractivity contribution in [3.63, 3.8) is 0 Å². The Morgan fingerprint density at radius 1 is 1.12 bits per heavy atom. The molecule has 0 spiro atoms. The number of rotatable bonds is 7. The highest BCUT2D eigenvalue weighted by molar-refractivity contribution is 6.07. The van der Waals surface area contributed by atoms with Crippen LogP contribution in [0.2, 0.25) is 0 Å². The van der Waals surface area contributed by atoms with Crippen molar-refractivity contribution in [1.29, 1.82) is 0 Å². The third-order valence-electron chi connectivity index (χ3n) is 7.06. The quantitative estimate of drug-likeness (QED) is 0.295. The number of amides is 1. The largest absolute Gasteiger partial charge is 0.417 e. The van der Waals surface area contributed by atoms with Crippen LogP contribution >= 0.6 is 0 Å². The topological polar surface area (TPSA) is 93.3 Å². The van der Waals surface area contributed by atoms with E-state index in [9.17, 15) is 22.8 Å². The Balaban J connectivity index is 1.77. The maximum Gasteiger partial charge on any atom is 0.417 e. The number of likely N-dealkylation sites (N-methyl/N-ethyl adjacent to an activating group) is 1. The molecule has 220 valence electrons. The highest BCUT2D eigenvalue weighted by Gasteiger charge is 2.36. The fourth-order valence-corrected chi connectivity index (χ4v) is 4.83. The molecule has 0 aliphatic carbocycles. The molecule has 2 aliphatic heterocycles. The summed E-state index contributed by atoms with van der Waals surface area (Å²) in [7, 11) is 1.98. The number of morpholine rings is 1. The second-order valence-corrected chi connectivity index (χ2v) is 9.70. The number of pyridine rings is 1. The number of aromatic amines is 1. The molecule has 13 heteroatoms. The van der Waals surface area contributed by atoms with Crippen molar-refractivity contribution in [2.24, 2.45) is 4.99 Å². The minimum atomic E-state index is -4.93. The zero-order valence-corrected chi connectivity index (χ0v) is 22.9. The van der Waals surface area contributed by atoms with Crippen LogP contribution < -0.4 is 15.8 Å². The second-order valence-electron chi connectivity index (χ2n) is 9.70. The van der Waals surface area contributed by atoms with Gasteiger partial charge in [-0.3, -0.25) is 9.59 Å². The molecule has 2 N–H and O–H groups in total. The number of piperazine rings is 1. The number of hydrogen-bond donors (Lipinski definition) is 2. The first kappa shape index (κ1) is 30.0. The minimum Gasteiger partial charge on any atom is -0.378 e. The zero-order chi connectivity index (χ0) is 29.7. The molecule has 0 radical (unpaired) electrons. The first-order valence-electron chi connectivity index (χ1n) is 13.1. The lowest BCUT2D eigenvalue weighted by Crippen LogP contribution is -2.44. The highest BCUT2D eigenvalue weighted by Crippen LogP contribution is 2.36. The van der Waals surface area contributed by atoms with Crippen molar-refractivity contribution in [1.82, 2.24) is 14.8 Å². The molecule has 2 fully saturated rings. The maximum absolute atomic E-state index is 15.9. The van der Waals surface area contributed by atoms with E-state index >= 15 is 4.39 Å². The van der Waals surface area contributed by atoms with Gasteiger partial charge in [0.05, 0.1) is 35.7 Å². The van der Waals surface area contributed by atoms with Crippen LogP contribution in [0.15, 0.2) is 58.0 Å². The van der Waals surface area contributed by atoms with Gasteiger partial charge in [0.1, 0.15) is 0 Å². The fourth-order valence-electron chi connectivity index (χ4n) is 4.83. The first-order valence-corrected chi connectivity index (χ1v) is 13.1. The van der Waals surface area contributed by atoms with E-state index in [1.807, 2.05) is 11.9 Å². The average Bonchev–Trinajstić information content (AvgIpc) is 2.94. The van der Waals surface area contributed by atoms with E-state index in [4.69, 9.17) is 4.74 Å². The normalized spacial score (nSPS) is 17.8. The molecule has 0 bridgehead atoms. The van der Waals surface area contributed by atoms with Crippen LogP contribution in [0.3, 0.4) is 0 Å².